The van der Waals surface area contributed by atoms with Gasteiger partial charge in [-0.15, -0.1) is 0 Å². The second kappa shape index (κ2) is 7.46. The number of hydrogen-bond donors (Lipinski definition) is 2. The molecule has 2 atom stereocenters. The third kappa shape index (κ3) is 3.62. The summed E-state index contributed by atoms with van der Waals surface area (Å²) in [7, 11) is 0. The Morgan fingerprint density at radius 2 is 1.95 bits per heavy atom. The topological polar surface area (TPSA) is 49.8 Å². The van der Waals surface area contributed by atoms with E-state index in [0.29, 0.717) is 6.04 Å². The van der Waals surface area contributed by atoms with Crippen molar-refractivity contribution in [2.75, 3.05) is 17.2 Å². The smallest absolute Gasteiger partial charge is 0.134 e. The van der Waals surface area contributed by atoms with Gasteiger partial charge >= 0.3 is 0 Å². The van der Waals surface area contributed by atoms with Crippen LogP contribution in [0.3, 0.4) is 0 Å². The van der Waals surface area contributed by atoms with Crippen LogP contribution in [0, 0.1) is 5.92 Å². The van der Waals surface area contributed by atoms with Gasteiger partial charge < -0.3 is 10.6 Å². The summed E-state index contributed by atoms with van der Waals surface area (Å²) in [5.74, 6) is 2.79. The van der Waals surface area contributed by atoms with Crippen LogP contribution in [0.2, 0.25) is 0 Å². The Bertz CT molecular complexity index is 419. The van der Waals surface area contributed by atoms with Crippen molar-refractivity contribution in [1.29, 1.82) is 0 Å². The molecule has 112 valence electrons. The summed E-state index contributed by atoms with van der Waals surface area (Å²) in [6.07, 6.45) is 8.84. The number of nitrogens with zero attached hydrogens (tertiary/aromatic N) is 2. The quantitative estimate of drug-likeness (QED) is 0.794. The number of rotatable bonds is 7. The lowest BCUT2D eigenvalue weighted by Gasteiger charge is -2.21. The molecule has 2 N–H and O–H groups in total. The van der Waals surface area contributed by atoms with Crippen molar-refractivity contribution in [3.63, 3.8) is 0 Å². The van der Waals surface area contributed by atoms with Gasteiger partial charge in [0.15, 0.2) is 0 Å². The van der Waals surface area contributed by atoms with Gasteiger partial charge in [-0.2, -0.15) is 0 Å². The van der Waals surface area contributed by atoms with Crippen molar-refractivity contribution in [1.82, 2.24) is 9.97 Å². The maximum atomic E-state index is 4.50. The fraction of sp³-hybridized carbons (Fsp3) is 0.750. The maximum Gasteiger partial charge on any atom is 0.134 e. The zero-order valence-corrected chi connectivity index (χ0v) is 13.1. The molecule has 0 saturated heterocycles. The molecule has 4 nitrogen and oxygen atoms in total. The SMILES string of the molecule is CCCNc1ncnc(NC2CCCC2C)c1CCC. The van der Waals surface area contributed by atoms with E-state index < -0.39 is 0 Å². The van der Waals surface area contributed by atoms with Gasteiger partial charge in [0, 0.05) is 18.2 Å². The summed E-state index contributed by atoms with van der Waals surface area (Å²) in [5.41, 5.74) is 1.25. The molecule has 0 spiro atoms. The van der Waals surface area contributed by atoms with Crippen molar-refractivity contribution in [3.05, 3.63) is 11.9 Å². The Morgan fingerprint density at radius 1 is 1.15 bits per heavy atom. The highest BCUT2D eigenvalue weighted by Gasteiger charge is 2.24. The van der Waals surface area contributed by atoms with E-state index in [1.165, 1.54) is 24.8 Å². The van der Waals surface area contributed by atoms with Crippen LogP contribution >= 0.6 is 0 Å². The van der Waals surface area contributed by atoms with Crippen molar-refractivity contribution in [2.45, 2.75) is 65.3 Å². The molecule has 1 fully saturated rings. The van der Waals surface area contributed by atoms with Gasteiger partial charge in [-0.1, -0.05) is 33.6 Å². The summed E-state index contributed by atoms with van der Waals surface area (Å²) in [4.78, 5) is 8.93. The van der Waals surface area contributed by atoms with E-state index >= 15 is 0 Å². The van der Waals surface area contributed by atoms with E-state index in [1.54, 1.807) is 6.33 Å². The average molecular weight is 276 g/mol. The molecule has 2 unspecified atom stereocenters. The Morgan fingerprint density at radius 3 is 2.60 bits per heavy atom. The second-order valence-corrected chi connectivity index (χ2v) is 5.89. The highest BCUT2D eigenvalue weighted by atomic mass is 15.1. The number of aromatic nitrogens is 2. The van der Waals surface area contributed by atoms with E-state index in [9.17, 15) is 0 Å². The summed E-state index contributed by atoms with van der Waals surface area (Å²) < 4.78 is 0. The van der Waals surface area contributed by atoms with E-state index in [0.717, 1.165) is 43.4 Å². The predicted molar refractivity (Wildman–Crippen MR) is 85.2 cm³/mol. The Hall–Kier alpha value is -1.32. The minimum absolute atomic E-state index is 0.569. The Kier molecular flexibility index (Phi) is 5.62. The highest BCUT2D eigenvalue weighted by Crippen LogP contribution is 2.30. The molecule has 0 radical (unpaired) electrons. The molecule has 0 aromatic carbocycles. The van der Waals surface area contributed by atoms with Crippen LogP contribution in [0.15, 0.2) is 6.33 Å². The van der Waals surface area contributed by atoms with Gasteiger partial charge in [0.25, 0.3) is 0 Å². The van der Waals surface area contributed by atoms with Crippen LogP contribution in [0.4, 0.5) is 11.6 Å². The van der Waals surface area contributed by atoms with Gasteiger partial charge in [0.2, 0.25) is 0 Å². The van der Waals surface area contributed by atoms with Gasteiger partial charge in [0.05, 0.1) is 0 Å². The first-order valence-corrected chi connectivity index (χ1v) is 8.10. The van der Waals surface area contributed by atoms with E-state index in [-0.39, 0.29) is 0 Å². The van der Waals surface area contributed by atoms with Crippen LogP contribution in [0.25, 0.3) is 0 Å². The molecule has 1 saturated carbocycles. The molecule has 1 aliphatic carbocycles. The Labute approximate surface area is 122 Å². The van der Waals surface area contributed by atoms with Crippen LogP contribution in [-0.4, -0.2) is 22.6 Å². The normalized spacial score (nSPS) is 21.9. The summed E-state index contributed by atoms with van der Waals surface area (Å²) in [6, 6.07) is 0.569. The molecule has 0 bridgehead atoms. The molecular weight excluding hydrogens is 248 g/mol. The van der Waals surface area contributed by atoms with Crippen molar-refractivity contribution < 1.29 is 0 Å². The zero-order valence-electron chi connectivity index (χ0n) is 13.1. The largest absolute Gasteiger partial charge is 0.370 e. The molecule has 1 heterocycles. The zero-order chi connectivity index (χ0) is 14.4. The lowest BCUT2D eigenvalue weighted by Crippen LogP contribution is -2.24. The van der Waals surface area contributed by atoms with Crippen molar-refractivity contribution in [2.24, 2.45) is 5.92 Å². The summed E-state index contributed by atoms with van der Waals surface area (Å²) >= 11 is 0. The van der Waals surface area contributed by atoms with Crippen molar-refractivity contribution in [3.8, 4) is 0 Å². The van der Waals surface area contributed by atoms with Crippen LogP contribution in [0.5, 0.6) is 0 Å². The number of anilines is 2. The monoisotopic (exact) mass is 276 g/mol. The van der Waals surface area contributed by atoms with Crippen molar-refractivity contribution >= 4 is 11.6 Å². The first-order chi connectivity index (χ1) is 9.76. The molecular formula is C16H28N4. The minimum atomic E-state index is 0.569. The second-order valence-electron chi connectivity index (χ2n) is 5.89. The fourth-order valence-electron chi connectivity index (χ4n) is 2.95. The predicted octanol–water partition coefficient (Wildman–Crippen LogP) is 3.85. The summed E-state index contributed by atoms with van der Waals surface area (Å²) in [6.45, 7) is 7.68. The van der Waals surface area contributed by atoms with Gasteiger partial charge in [-0.05, 0) is 31.6 Å². The molecule has 1 aromatic rings. The first kappa shape index (κ1) is 15.1. The van der Waals surface area contributed by atoms with Crippen LogP contribution < -0.4 is 10.6 Å². The third-order valence-electron chi connectivity index (χ3n) is 4.17. The van der Waals surface area contributed by atoms with E-state index in [2.05, 4.69) is 41.4 Å². The molecule has 0 aliphatic heterocycles. The highest BCUT2D eigenvalue weighted by molar-refractivity contribution is 5.58. The van der Waals surface area contributed by atoms with E-state index in [1.807, 2.05) is 0 Å². The fourth-order valence-corrected chi connectivity index (χ4v) is 2.95. The first-order valence-electron chi connectivity index (χ1n) is 8.10. The van der Waals surface area contributed by atoms with Gasteiger partial charge in [0.1, 0.15) is 18.0 Å². The molecule has 4 heteroatoms. The number of hydrogen-bond acceptors (Lipinski definition) is 4. The van der Waals surface area contributed by atoms with E-state index in [4.69, 9.17) is 0 Å². The standard InChI is InChI=1S/C16H28N4/c1-4-7-13-15(17-10-5-2)18-11-19-16(13)20-14-9-6-8-12(14)3/h11-12,14H,4-10H2,1-3H3,(H2,17,18,19,20). The van der Waals surface area contributed by atoms with Crippen LogP contribution in [-0.2, 0) is 6.42 Å². The lowest BCUT2D eigenvalue weighted by molar-refractivity contribution is 0.554. The molecule has 1 aromatic heterocycles. The third-order valence-corrected chi connectivity index (χ3v) is 4.17. The average Bonchev–Trinajstić information content (AvgIpc) is 2.85. The summed E-state index contributed by atoms with van der Waals surface area (Å²) in [5, 5.41) is 7.10. The van der Waals surface area contributed by atoms with Gasteiger partial charge in [-0.25, -0.2) is 9.97 Å². The lowest BCUT2D eigenvalue weighted by atomic mass is 10.1. The molecule has 20 heavy (non-hydrogen) atoms. The van der Waals surface area contributed by atoms with Gasteiger partial charge in [-0.3, -0.25) is 0 Å². The van der Waals surface area contributed by atoms with Crippen LogP contribution in [0.1, 0.15) is 58.4 Å². The minimum Gasteiger partial charge on any atom is -0.370 e. The molecule has 0 amide bonds. The maximum absolute atomic E-state index is 4.50. The molecule has 1 aliphatic rings. The number of nitrogens with one attached hydrogen (secondary N) is 2. The Balaban J connectivity index is 2.17. The molecule has 2 rings (SSSR count).